The highest BCUT2D eigenvalue weighted by Crippen LogP contribution is 2.24. The summed E-state index contributed by atoms with van der Waals surface area (Å²) in [4.78, 5) is 16.0. The Kier molecular flexibility index (Phi) is 6.15. The van der Waals surface area contributed by atoms with Gasteiger partial charge in [0.1, 0.15) is 5.75 Å². The monoisotopic (exact) mass is 404 g/mol. The normalized spacial score (nSPS) is 10.6. The number of carbonyl (C=O) groups is 1. The lowest BCUT2D eigenvalue weighted by Crippen LogP contribution is -2.16. The van der Waals surface area contributed by atoms with Crippen LogP contribution in [0.3, 0.4) is 0 Å². The third kappa shape index (κ3) is 4.69. The lowest BCUT2D eigenvalue weighted by Gasteiger charge is -2.07. The number of halogens is 1. The van der Waals surface area contributed by atoms with Crippen molar-refractivity contribution in [3.63, 3.8) is 0 Å². The van der Waals surface area contributed by atoms with Crippen LogP contribution in [0.5, 0.6) is 5.75 Å². The molecule has 3 rings (SSSR count). The van der Waals surface area contributed by atoms with Crippen molar-refractivity contribution in [2.45, 2.75) is 12.1 Å². The quantitative estimate of drug-likeness (QED) is 0.354. The molecule has 1 aromatic carbocycles. The number of benzene rings is 1. The molecule has 0 atom stereocenters. The Morgan fingerprint density at radius 3 is 2.78 bits per heavy atom. The predicted molar refractivity (Wildman–Crippen MR) is 105 cm³/mol. The van der Waals surface area contributed by atoms with Crippen molar-refractivity contribution in [2.75, 3.05) is 23.5 Å². The number of carbonyl (C=O) groups excluding carboxylic acids is 1. The smallest absolute Gasteiger partial charge is 0.234 e. The molecule has 140 valence electrons. The van der Waals surface area contributed by atoms with Gasteiger partial charge in [-0.05, 0) is 43.3 Å². The summed E-state index contributed by atoms with van der Waals surface area (Å²) in [5, 5.41) is 11.5. The fourth-order valence-electron chi connectivity index (χ4n) is 2.23. The Morgan fingerprint density at radius 2 is 2.07 bits per heavy atom. The van der Waals surface area contributed by atoms with Crippen LogP contribution in [0.1, 0.15) is 6.92 Å². The molecule has 2 heterocycles. The van der Waals surface area contributed by atoms with E-state index in [1.807, 2.05) is 31.2 Å². The fraction of sp³-hybridized carbons (Fsp3) is 0.176. The number of ether oxygens (including phenoxy) is 1. The highest BCUT2D eigenvalue weighted by molar-refractivity contribution is 7.99. The molecule has 0 bridgehead atoms. The third-order valence-corrected chi connectivity index (χ3v) is 4.70. The largest absolute Gasteiger partial charge is 0.494 e. The van der Waals surface area contributed by atoms with Crippen LogP contribution in [0.15, 0.2) is 47.8 Å². The molecule has 3 N–H and O–H groups in total. The molecule has 2 aromatic heterocycles. The number of nitrogens with two attached hydrogens (primary N) is 1. The maximum absolute atomic E-state index is 12.1. The average Bonchev–Trinajstić information content (AvgIpc) is 3.03. The maximum atomic E-state index is 12.1. The van der Waals surface area contributed by atoms with Gasteiger partial charge >= 0.3 is 0 Å². The van der Waals surface area contributed by atoms with E-state index in [4.69, 9.17) is 22.2 Å². The number of thioether (sulfide) groups is 1. The lowest BCUT2D eigenvalue weighted by molar-refractivity contribution is -0.113. The first-order valence-electron chi connectivity index (χ1n) is 8.05. The van der Waals surface area contributed by atoms with Gasteiger partial charge in [0, 0.05) is 11.8 Å². The van der Waals surface area contributed by atoms with Gasteiger partial charge in [-0.3, -0.25) is 4.79 Å². The topological polar surface area (TPSA) is 108 Å². The van der Waals surface area contributed by atoms with Gasteiger partial charge in [0.15, 0.2) is 11.0 Å². The minimum atomic E-state index is -0.250. The predicted octanol–water partition coefficient (Wildman–Crippen LogP) is 2.84. The minimum Gasteiger partial charge on any atom is -0.494 e. The molecule has 0 aliphatic carbocycles. The highest BCUT2D eigenvalue weighted by atomic mass is 35.5. The van der Waals surface area contributed by atoms with E-state index in [9.17, 15) is 4.79 Å². The average molecular weight is 405 g/mol. The van der Waals surface area contributed by atoms with Crippen LogP contribution in [-0.4, -0.2) is 38.1 Å². The van der Waals surface area contributed by atoms with Crippen LogP contribution in [0, 0.1) is 0 Å². The van der Waals surface area contributed by atoms with E-state index in [0.717, 1.165) is 11.3 Å². The van der Waals surface area contributed by atoms with Gasteiger partial charge in [-0.2, -0.15) is 0 Å². The van der Waals surface area contributed by atoms with Crippen LogP contribution in [-0.2, 0) is 4.79 Å². The molecule has 0 aliphatic rings. The van der Waals surface area contributed by atoms with Gasteiger partial charge in [-0.15, -0.1) is 10.2 Å². The molecule has 0 aliphatic heterocycles. The van der Waals surface area contributed by atoms with Crippen LogP contribution in [0.25, 0.3) is 11.4 Å². The molecule has 8 nitrogen and oxygen atoms in total. The molecule has 27 heavy (non-hydrogen) atoms. The third-order valence-electron chi connectivity index (χ3n) is 3.45. The van der Waals surface area contributed by atoms with Gasteiger partial charge < -0.3 is 15.9 Å². The summed E-state index contributed by atoms with van der Waals surface area (Å²) in [5.41, 5.74) is 1.25. The van der Waals surface area contributed by atoms with Gasteiger partial charge in [0.25, 0.3) is 0 Å². The zero-order chi connectivity index (χ0) is 19.2. The van der Waals surface area contributed by atoms with Crippen molar-refractivity contribution in [3.05, 3.63) is 47.7 Å². The fourth-order valence-corrected chi connectivity index (χ4v) is 3.06. The number of anilines is 1. The van der Waals surface area contributed by atoms with Crippen molar-refractivity contribution in [2.24, 2.45) is 0 Å². The number of hydrogen-bond donors (Lipinski definition) is 2. The molecular formula is C17H17ClN6O2S. The SMILES string of the molecule is CCOc1ccc(-c2nnc(SCC(=O)Nc3cccnc3Cl)n2N)cc1. The molecular weight excluding hydrogens is 388 g/mol. The summed E-state index contributed by atoms with van der Waals surface area (Å²) < 4.78 is 6.77. The number of aromatic nitrogens is 4. The first-order valence-corrected chi connectivity index (χ1v) is 9.41. The second-order valence-corrected chi connectivity index (χ2v) is 6.61. The molecule has 0 unspecified atom stereocenters. The number of amides is 1. The Balaban J connectivity index is 1.63. The molecule has 0 fully saturated rings. The molecule has 1 amide bonds. The van der Waals surface area contributed by atoms with Crippen LogP contribution >= 0.6 is 23.4 Å². The Hall–Kier alpha value is -2.78. The highest BCUT2D eigenvalue weighted by Gasteiger charge is 2.14. The van der Waals surface area contributed by atoms with Gasteiger partial charge in [-0.25, -0.2) is 9.66 Å². The Morgan fingerprint density at radius 1 is 1.30 bits per heavy atom. The number of rotatable bonds is 7. The van der Waals surface area contributed by atoms with Crippen molar-refractivity contribution >= 4 is 35.0 Å². The maximum Gasteiger partial charge on any atom is 0.234 e. The number of nitrogens with zero attached hydrogens (tertiary/aromatic N) is 4. The van der Waals surface area contributed by atoms with E-state index in [2.05, 4.69) is 20.5 Å². The van der Waals surface area contributed by atoms with Crippen LogP contribution < -0.4 is 15.9 Å². The summed E-state index contributed by atoms with van der Waals surface area (Å²) in [6.45, 7) is 2.52. The summed E-state index contributed by atoms with van der Waals surface area (Å²) in [7, 11) is 0. The van der Waals surface area contributed by atoms with E-state index in [1.54, 1.807) is 18.3 Å². The first kappa shape index (κ1) is 19.0. The van der Waals surface area contributed by atoms with E-state index in [1.165, 1.54) is 16.4 Å². The number of nitrogen functional groups attached to an aromatic ring is 1. The Bertz CT molecular complexity index is 931. The van der Waals surface area contributed by atoms with Gasteiger partial charge in [0.05, 0.1) is 18.0 Å². The molecule has 0 radical (unpaired) electrons. The van der Waals surface area contributed by atoms with E-state index >= 15 is 0 Å². The first-order chi connectivity index (χ1) is 13.1. The summed E-state index contributed by atoms with van der Waals surface area (Å²) in [6, 6.07) is 10.7. The zero-order valence-electron chi connectivity index (χ0n) is 14.4. The molecule has 10 heteroatoms. The van der Waals surface area contributed by atoms with Crippen molar-refractivity contribution < 1.29 is 9.53 Å². The molecule has 0 saturated carbocycles. The summed E-state index contributed by atoms with van der Waals surface area (Å²) in [5.74, 6) is 7.19. The van der Waals surface area contributed by atoms with Crippen LogP contribution in [0.2, 0.25) is 5.15 Å². The van der Waals surface area contributed by atoms with E-state index in [0.29, 0.717) is 23.3 Å². The molecule has 0 saturated heterocycles. The lowest BCUT2D eigenvalue weighted by atomic mass is 10.2. The van der Waals surface area contributed by atoms with Gasteiger partial charge in [0.2, 0.25) is 11.1 Å². The van der Waals surface area contributed by atoms with E-state index < -0.39 is 0 Å². The Labute approximate surface area is 165 Å². The standard InChI is InChI=1S/C17H17ClN6O2S/c1-2-26-12-7-5-11(6-8-12)16-22-23-17(24(16)19)27-10-14(25)21-13-4-3-9-20-15(13)18/h3-9H,2,10,19H2,1H3,(H,21,25). The van der Waals surface area contributed by atoms with Crippen molar-refractivity contribution in [1.82, 2.24) is 19.9 Å². The zero-order valence-corrected chi connectivity index (χ0v) is 16.0. The van der Waals surface area contributed by atoms with Crippen molar-refractivity contribution in [3.8, 4) is 17.1 Å². The van der Waals surface area contributed by atoms with E-state index in [-0.39, 0.29) is 16.8 Å². The molecule has 0 spiro atoms. The minimum absolute atomic E-state index is 0.101. The second-order valence-electron chi connectivity index (χ2n) is 5.31. The number of nitrogens with one attached hydrogen (secondary N) is 1. The number of hydrogen-bond acceptors (Lipinski definition) is 7. The summed E-state index contributed by atoms with van der Waals surface area (Å²) in [6.07, 6.45) is 1.55. The second kappa shape index (κ2) is 8.74. The number of pyridine rings is 1. The van der Waals surface area contributed by atoms with Crippen LogP contribution in [0.4, 0.5) is 5.69 Å². The van der Waals surface area contributed by atoms with Gasteiger partial charge in [-0.1, -0.05) is 23.4 Å². The summed E-state index contributed by atoms with van der Waals surface area (Å²) >= 11 is 7.10. The molecule has 3 aromatic rings. The van der Waals surface area contributed by atoms with Crippen molar-refractivity contribution in [1.29, 1.82) is 0 Å².